The minimum Gasteiger partial charge on any atom is -0.383 e. The molecule has 2 rings (SSSR count). The largest absolute Gasteiger partial charge is 0.383 e. The summed E-state index contributed by atoms with van der Waals surface area (Å²) in [5, 5.41) is 11.1. The molecule has 1 unspecified atom stereocenters. The SMILES string of the molecule is CCNc1nc(N(CCOC)C(C)CC)c2cn[nH]c2n1. The van der Waals surface area contributed by atoms with Crippen LogP contribution in [0.25, 0.3) is 11.0 Å². The molecule has 0 aliphatic carbocycles. The van der Waals surface area contributed by atoms with Crippen LogP contribution in [0.3, 0.4) is 0 Å². The van der Waals surface area contributed by atoms with Crippen LogP contribution in [0, 0.1) is 0 Å². The van der Waals surface area contributed by atoms with Crippen LogP contribution < -0.4 is 10.2 Å². The van der Waals surface area contributed by atoms with E-state index in [9.17, 15) is 0 Å². The molecule has 116 valence electrons. The lowest BCUT2D eigenvalue weighted by Gasteiger charge is -2.30. The van der Waals surface area contributed by atoms with E-state index < -0.39 is 0 Å². The maximum Gasteiger partial charge on any atom is 0.226 e. The van der Waals surface area contributed by atoms with Crippen LogP contribution in [0.2, 0.25) is 0 Å². The summed E-state index contributed by atoms with van der Waals surface area (Å²) < 4.78 is 5.24. The Morgan fingerprint density at radius 3 is 2.86 bits per heavy atom. The summed E-state index contributed by atoms with van der Waals surface area (Å²) in [6, 6.07) is 0.364. The number of H-pyrrole nitrogens is 1. The molecule has 0 aliphatic rings. The van der Waals surface area contributed by atoms with E-state index in [1.807, 2.05) is 6.92 Å². The molecule has 0 fully saturated rings. The fourth-order valence-electron chi connectivity index (χ4n) is 2.22. The van der Waals surface area contributed by atoms with Gasteiger partial charge in [0.1, 0.15) is 5.82 Å². The van der Waals surface area contributed by atoms with E-state index in [2.05, 4.69) is 44.2 Å². The van der Waals surface area contributed by atoms with Gasteiger partial charge >= 0.3 is 0 Å². The summed E-state index contributed by atoms with van der Waals surface area (Å²) in [6.45, 7) is 8.61. The summed E-state index contributed by atoms with van der Waals surface area (Å²) in [5.74, 6) is 1.52. The number of aromatic amines is 1. The third kappa shape index (κ3) is 3.41. The molecule has 2 aromatic rings. The predicted molar refractivity (Wildman–Crippen MR) is 84.8 cm³/mol. The Hall–Kier alpha value is -1.89. The van der Waals surface area contributed by atoms with E-state index in [-0.39, 0.29) is 0 Å². The fraction of sp³-hybridized carbons (Fsp3) is 0.643. The maximum atomic E-state index is 5.24. The van der Waals surface area contributed by atoms with Gasteiger partial charge < -0.3 is 15.0 Å². The standard InChI is InChI=1S/C14H24N6O/c1-5-10(3)20(7-8-21-4)13-11-9-16-19-12(11)17-14(18-13)15-6-2/h9-10H,5-8H2,1-4H3,(H2,15,16,17,18,19). The average Bonchev–Trinajstić information content (AvgIpc) is 2.95. The first kappa shape index (κ1) is 15.5. The van der Waals surface area contributed by atoms with Crippen molar-refractivity contribution in [3.63, 3.8) is 0 Å². The quantitative estimate of drug-likeness (QED) is 0.775. The van der Waals surface area contributed by atoms with E-state index in [4.69, 9.17) is 4.74 Å². The van der Waals surface area contributed by atoms with Gasteiger partial charge in [-0.05, 0) is 20.3 Å². The number of nitrogens with one attached hydrogen (secondary N) is 2. The topological polar surface area (TPSA) is 79.0 Å². The van der Waals surface area contributed by atoms with Crippen molar-refractivity contribution < 1.29 is 4.74 Å². The fourth-order valence-corrected chi connectivity index (χ4v) is 2.22. The summed E-state index contributed by atoms with van der Waals surface area (Å²) >= 11 is 0. The van der Waals surface area contributed by atoms with Gasteiger partial charge in [0.2, 0.25) is 5.95 Å². The lowest BCUT2D eigenvalue weighted by molar-refractivity contribution is 0.203. The van der Waals surface area contributed by atoms with Crippen LogP contribution in [0.15, 0.2) is 6.20 Å². The van der Waals surface area contributed by atoms with Gasteiger partial charge in [0, 0.05) is 26.2 Å². The normalized spacial score (nSPS) is 12.6. The molecular weight excluding hydrogens is 268 g/mol. The van der Waals surface area contributed by atoms with Crippen LogP contribution in [0.1, 0.15) is 27.2 Å². The second kappa shape index (κ2) is 7.21. The molecule has 7 heteroatoms. The Morgan fingerprint density at radius 1 is 1.38 bits per heavy atom. The molecule has 1 atom stereocenters. The molecule has 0 aromatic carbocycles. The number of fused-ring (bicyclic) bond motifs is 1. The van der Waals surface area contributed by atoms with Crippen LogP contribution in [-0.2, 0) is 4.74 Å². The zero-order chi connectivity index (χ0) is 15.2. The summed E-state index contributed by atoms with van der Waals surface area (Å²) in [6.07, 6.45) is 2.81. The van der Waals surface area contributed by atoms with E-state index in [0.29, 0.717) is 18.6 Å². The Morgan fingerprint density at radius 2 is 2.19 bits per heavy atom. The molecule has 0 spiro atoms. The Labute approximate surface area is 125 Å². The van der Waals surface area contributed by atoms with Crippen molar-refractivity contribution in [3.05, 3.63) is 6.20 Å². The van der Waals surface area contributed by atoms with Crippen molar-refractivity contribution in [3.8, 4) is 0 Å². The van der Waals surface area contributed by atoms with Crippen molar-refractivity contribution >= 4 is 22.8 Å². The Balaban J connectivity index is 2.45. The van der Waals surface area contributed by atoms with Gasteiger partial charge in [0.05, 0.1) is 18.2 Å². The highest BCUT2D eigenvalue weighted by atomic mass is 16.5. The number of nitrogens with zero attached hydrogens (tertiary/aromatic N) is 4. The van der Waals surface area contributed by atoms with E-state index in [1.54, 1.807) is 13.3 Å². The summed E-state index contributed by atoms with van der Waals surface area (Å²) in [7, 11) is 1.71. The first-order valence-corrected chi connectivity index (χ1v) is 7.41. The Kier molecular flexibility index (Phi) is 5.32. The lowest BCUT2D eigenvalue weighted by atomic mass is 10.2. The third-order valence-corrected chi connectivity index (χ3v) is 3.56. The molecule has 2 heterocycles. The number of anilines is 2. The lowest BCUT2D eigenvalue weighted by Crippen LogP contribution is -2.36. The molecule has 0 bridgehead atoms. The highest BCUT2D eigenvalue weighted by molar-refractivity contribution is 5.87. The first-order valence-electron chi connectivity index (χ1n) is 7.41. The highest BCUT2D eigenvalue weighted by Crippen LogP contribution is 2.26. The van der Waals surface area contributed by atoms with E-state index >= 15 is 0 Å². The second-order valence-corrected chi connectivity index (χ2v) is 4.98. The van der Waals surface area contributed by atoms with Gasteiger partial charge in [-0.15, -0.1) is 0 Å². The number of ether oxygens (including phenoxy) is 1. The zero-order valence-corrected chi connectivity index (χ0v) is 13.2. The highest BCUT2D eigenvalue weighted by Gasteiger charge is 2.19. The molecule has 2 aromatic heterocycles. The average molecular weight is 292 g/mol. The maximum absolute atomic E-state index is 5.24. The molecule has 21 heavy (non-hydrogen) atoms. The van der Waals surface area contributed by atoms with Crippen molar-refractivity contribution in [2.45, 2.75) is 33.2 Å². The summed E-state index contributed by atoms with van der Waals surface area (Å²) in [4.78, 5) is 11.4. The molecule has 7 nitrogen and oxygen atoms in total. The number of hydrogen-bond donors (Lipinski definition) is 2. The minimum atomic E-state index is 0.364. The molecule has 0 amide bonds. The summed E-state index contributed by atoms with van der Waals surface area (Å²) in [5.41, 5.74) is 0.752. The van der Waals surface area contributed by atoms with Crippen molar-refractivity contribution in [2.24, 2.45) is 0 Å². The van der Waals surface area contributed by atoms with E-state index in [1.165, 1.54) is 0 Å². The van der Waals surface area contributed by atoms with Gasteiger partial charge in [-0.3, -0.25) is 5.10 Å². The smallest absolute Gasteiger partial charge is 0.226 e. The Bertz CT molecular complexity index is 570. The van der Waals surface area contributed by atoms with Crippen LogP contribution >= 0.6 is 0 Å². The van der Waals surface area contributed by atoms with Crippen molar-refractivity contribution in [2.75, 3.05) is 37.0 Å². The monoisotopic (exact) mass is 292 g/mol. The van der Waals surface area contributed by atoms with Gasteiger partial charge in [-0.25, -0.2) is 0 Å². The molecule has 2 N–H and O–H groups in total. The van der Waals surface area contributed by atoms with Gasteiger partial charge in [0.25, 0.3) is 0 Å². The predicted octanol–water partition coefficient (Wildman–Crippen LogP) is 2.04. The number of hydrogen-bond acceptors (Lipinski definition) is 6. The number of methoxy groups -OCH3 is 1. The van der Waals surface area contributed by atoms with Crippen molar-refractivity contribution in [1.82, 2.24) is 20.2 Å². The van der Waals surface area contributed by atoms with Crippen LogP contribution in [0.5, 0.6) is 0 Å². The first-order chi connectivity index (χ1) is 10.2. The minimum absolute atomic E-state index is 0.364. The third-order valence-electron chi connectivity index (χ3n) is 3.56. The van der Waals surface area contributed by atoms with Crippen LogP contribution in [-0.4, -0.2) is 53.0 Å². The second-order valence-electron chi connectivity index (χ2n) is 4.98. The molecular formula is C14H24N6O. The molecule has 0 saturated carbocycles. The number of aromatic nitrogens is 4. The molecule has 0 aliphatic heterocycles. The van der Waals surface area contributed by atoms with Gasteiger partial charge in [0.15, 0.2) is 5.65 Å². The molecule has 0 saturated heterocycles. The van der Waals surface area contributed by atoms with E-state index in [0.717, 1.165) is 36.4 Å². The molecule has 0 radical (unpaired) electrons. The number of rotatable bonds is 8. The van der Waals surface area contributed by atoms with Crippen molar-refractivity contribution in [1.29, 1.82) is 0 Å². The van der Waals surface area contributed by atoms with Gasteiger partial charge in [-0.1, -0.05) is 6.92 Å². The van der Waals surface area contributed by atoms with Crippen LogP contribution in [0.4, 0.5) is 11.8 Å². The zero-order valence-electron chi connectivity index (χ0n) is 13.2. The van der Waals surface area contributed by atoms with Gasteiger partial charge in [-0.2, -0.15) is 15.1 Å².